The third kappa shape index (κ3) is 3.91. The molecule has 5 rings (SSSR count). The molecular formula is C21H16F3N5O. The van der Waals surface area contributed by atoms with Gasteiger partial charge < -0.3 is 15.0 Å². The van der Waals surface area contributed by atoms with Gasteiger partial charge in [-0.2, -0.15) is 0 Å². The number of alkyl halides is 3. The molecule has 1 saturated carbocycles. The van der Waals surface area contributed by atoms with E-state index in [2.05, 4.69) is 30.0 Å². The standard InChI is InChI=1S/C21H16F3N5O/c22-21(23,24)30-15-5-1-12(2-6-15)13-9-16-17(11-27-19(16)26-10-13)18-7-8-25-20(29-18)28-14-3-4-14/h1-2,5-11,14H,3-4H2,(H,26,27)(H,25,28,29). The number of H-pyrrole nitrogens is 1. The fourth-order valence-corrected chi connectivity index (χ4v) is 3.21. The predicted molar refractivity (Wildman–Crippen MR) is 106 cm³/mol. The summed E-state index contributed by atoms with van der Waals surface area (Å²) in [7, 11) is 0. The number of nitrogens with one attached hydrogen (secondary N) is 2. The lowest BCUT2D eigenvalue weighted by Gasteiger charge is -2.09. The summed E-state index contributed by atoms with van der Waals surface area (Å²) < 4.78 is 41.0. The number of hydrogen-bond donors (Lipinski definition) is 2. The Balaban J connectivity index is 1.47. The van der Waals surface area contributed by atoms with E-state index in [4.69, 9.17) is 0 Å². The molecule has 4 aromatic rings. The maximum atomic E-state index is 12.4. The SMILES string of the molecule is FC(F)(F)Oc1ccc(-c2cnc3[nH]cc(-c4ccnc(NC5CC5)n4)c3c2)cc1. The highest BCUT2D eigenvalue weighted by molar-refractivity contribution is 5.95. The number of anilines is 1. The van der Waals surface area contributed by atoms with Gasteiger partial charge in [0.25, 0.3) is 0 Å². The summed E-state index contributed by atoms with van der Waals surface area (Å²) in [5.74, 6) is 0.327. The third-order valence-electron chi connectivity index (χ3n) is 4.79. The van der Waals surface area contributed by atoms with Gasteiger partial charge in [0.15, 0.2) is 0 Å². The quantitative estimate of drug-likeness (QED) is 0.474. The second-order valence-corrected chi connectivity index (χ2v) is 7.08. The summed E-state index contributed by atoms with van der Waals surface area (Å²) in [5, 5.41) is 4.15. The molecule has 2 N–H and O–H groups in total. The normalized spacial score (nSPS) is 14.1. The molecule has 3 heterocycles. The van der Waals surface area contributed by atoms with Crippen molar-refractivity contribution < 1.29 is 17.9 Å². The minimum atomic E-state index is -4.72. The number of hydrogen-bond acceptors (Lipinski definition) is 5. The first-order valence-corrected chi connectivity index (χ1v) is 9.38. The molecule has 0 aliphatic heterocycles. The summed E-state index contributed by atoms with van der Waals surface area (Å²) in [6.07, 6.45) is 2.75. The van der Waals surface area contributed by atoms with Crippen molar-refractivity contribution in [1.29, 1.82) is 0 Å². The van der Waals surface area contributed by atoms with Crippen molar-refractivity contribution in [2.75, 3.05) is 5.32 Å². The topological polar surface area (TPSA) is 75.7 Å². The number of ether oxygens (including phenoxy) is 1. The van der Waals surface area contributed by atoms with Crippen molar-refractivity contribution in [2.45, 2.75) is 25.2 Å². The molecule has 0 radical (unpaired) electrons. The Morgan fingerprint density at radius 1 is 1.03 bits per heavy atom. The van der Waals surface area contributed by atoms with Gasteiger partial charge in [0.05, 0.1) is 5.69 Å². The highest BCUT2D eigenvalue weighted by Crippen LogP contribution is 2.32. The number of rotatable bonds is 5. The van der Waals surface area contributed by atoms with Gasteiger partial charge in [-0.1, -0.05) is 12.1 Å². The molecule has 0 atom stereocenters. The molecule has 152 valence electrons. The first kappa shape index (κ1) is 18.4. The van der Waals surface area contributed by atoms with Crippen molar-refractivity contribution >= 4 is 17.0 Å². The largest absolute Gasteiger partial charge is 0.573 e. The van der Waals surface area contributed by atoms with Crippen LogP contribution in [0.5, 0.6) is 5.75 Å². The van der Waals surface area contributed by atoms with Gasteiger partial charge >= 0.3 is 6.36 Å². The molecule has 6 nitrogen and oxygen atoms in total. The monoisotopic (exact) mass is 411 g/mol. The van der Waals surface area contributed by atoms with E-state index in [0.29, 0.717) is 17.6 Å². The summed E-state index contributed by atoms with van der Waals surface area (Å²) >= 11 is 0. The summed E-state index contributed by atoms with van der Waals surface area (Å²) in [6.45, 7) is 0. The van der Waals surface area contributed by atoms with Crippen LogP contribution in [-0.4, -0.2) is 32.3 Å². The van der Waals surface area contributed by atoms with Gasteiger partial charge in [-0.05, 0) is 42.7 Å². The Labute approximate surface area is 169 Å². The van der Waals surface area contributed by atoms with Crippen LogP contribution < -0.4 is 10.1 Å². The van der Waals surface area contributed by atoms with Gasteiger partial charge in [-0.15, -0.1) is 13.2 Å². The molecular weight excluding hydrogens is 395 g/mol. The van der Waals surface area contributed by atoms with E-state index in [-0.39, 0.29) is 5.75 Å². The van der Waals surface area contributed by atoms with E-state index in [0.717, 1.165) is 40.6 Å². The van der Waals surface area contributed by atoms with E-state index >= 15 is 0 Å². The molecule has 0 saturated heterocycles. The van der Waals surface area contributed by atoms with E-state index < -0.39 is 6.36 Å². The number of fused-ring (bicyclic) bond motifs is 1. The zero-order valence-electron chi connectivity index (χ0n) is 15.6. The smallest absolute Gasteiger partial charge is 0.406 e. The van der Waals surface area contributed by atoms with Crippen LogP contribution in [0.4, 0.5) is 19.1 Å². The van der Waals surface area contributed by atoms with Gasteiger partial charge in [0.1, 0.15) is 11.4 Å². The summed E-state index contributed by atoms with van der Waals surface area (Å²) in [6, 6.07) is 9.91. The number of aromatic amines is 1. The fourth-order valence-electron chi connectivity index (χ4n) is 3.21. The van der Waals surface area contributed by atoms with Crippen LogP contribution in [0.25, 0.3) is 33.4 Å². The van der Waals surface area contributed by atoms with Crippen LogP contribution in [0.1, 0.15) is 12.8 Å². The summed E-state index contributed by atoms with van der Waals surface area (Å²) in [5.41, 5.74) is 3.82. The molecule has 0 spiro atoms. The number of benzene rings is 1. The highest BCUT2D eigenvalue weighted by Gasteiger charge is 2.31. The van der Waals surface area contributed by atoms with Gasteiger partial charge in [-0.3, -0.25) is 0 Å². The lowest BCUT2D eigenvalue weighted by Crippen LogP contribution is -2.16. The number of pyridine rings is 1. The van der Waals surface area contributed by atoms with Crippen LogP contribution in [0.15, 0.2) is 55.0 Å². The number of halogens is 3. The van der Waals surface area contributed by atoms with Gasteiger partial charge in [-0.25, -0.2) is 15.0 Å². The number of nitrogens with zero attached hydrogens (tertiary/aromatic N) is 3. The molecule has 0 unspecified atom stereocenters. The average Bonchev–Trinajstić information content (AvgIpc) is 3.42. The van der Waals surface area contributed by atoms with Crippen molar-refractivity contribution in [3.05, 3.63) is 55.0 Å². The molecule has 0 bridgehead atoms. The molecule has 30 heavy (non-hydrogen) atoms. The first-order valence-electron chi connectivity index (χ1n) is 9.38. The maximum Gasteiger partial charge on any atom is 0.573 e. The first-order chi connectivity index (χ1) is 14.4. The lowest BCUT2D eigenvalue weighted by atomic mass is 10.0. The molecule has 9 heteroatoms. The van der Waals surface area contributed by atoms with Crippen LogP contribution in [0.3, 0.4) is 0 Å². The Morgan fingerprint density at radius 3 is 2.57 bits per heavy atom. The fraction of sp³-hybridized carbons (Fsp3) is 0.190. The Kier molecular flexibility index (Phi) is 4.30. The molecule has 1 aromatic carbocycles. The van der Waals surface area contributed by atoms with Crippen molar-refractivity contribution in [3.63, 3.8) is 0 Å². The second-order valence-electron chi connectivity index (χ2n) is 7.08. The van der Waals surface area contributed by atoms with E-state index in [1.165, 1.54) is 12.1 Å². The minimum Gasteiger partial charge on any atom is -0.406 e. The van der Waals surface area contributed by atoms with E-state index in [1.54, 1.807) is 24.5 Å². The molecule has 1 fully saturated rings. The van der Waals surface area contributed by atoms with Crippen LogP contribution in [0, 0.1) is 0 Å². The molecule has 0 amide bonds. The Hall–Kier alpha value is -3.62. The van der Waals surface area contributed by atoms with E-state index in [1.807, 2.05) is 18.3 Å². The van der Waals surface area contributed by atoms with Gasteiger partial charge in [0.2, 0.25) is 5.95 Å². The van der Waals surface area contributed by atoms with Crippen LogP contribution in [-0.2, 0) is 0 Å². The zero-order valence-corrected chi connectivity index (χ0v) is 15.6. The van der Waals surface area contributed by atoms with Gasteiger partial charge in [0, 0.05) is 41.1 Å². The maximum absolute atomic E-state index is 12.4. The molecule has 1 aliphatic carbocycles. The Bertz CT molecular complexity index is 1200. The van der Waals surface area contributed by atoms with Crippen molar-refractivity contribution in [1.82, 2.24) is 19.9 Å². The van der Waals surface area contributed by atoms with Crippen molar-refractivity contribution in [3.8, 4) is 28.1 Å². The average molecular weight is 411 g/mol. The highest BCUT2D eigenvalue weighted by atomic mass is 19.4. The Morgan fingerprint density at radius 2 is 1.83 bits per heavy atom. The lowest BCUT2D eigenvalue weighted by molar-refractivity contribution is -0.274. The van der Waals surface area contributed by atoms with Crippen molar-refractivity contribution in [2.24, 2.45) is 0 Å². The third-order valence-corrected chi connectivity index (χ3v) is 4.79. The summed E-state index contributed by atoms with van der Waals surface area (Å²) in [4.78, 5) is 16.4. The molecule has 3 aromatic heterocycles. The van der Waals surface area contributed by atoms with E-state index in [9.17, 15) is 13.2 Å². The second kappa shape index (κ2) is 7.01. The molecule has 1 aliphatic rings. The van der Waals surface area contributed by atoms with Crippen LogP contribution in [0.2, 0.25) is 0 Å². The minimum absolute atomic E-state index is 0.265. The number of aromatic nitrogens is 4. The van der Waals surface area contributed by atoms with Crippen LogP contribution >= 0.6 is 0 Å². The zero-order chi connectivity index (χ0) is 20.7. The predicted octanol–water partition coefficient (Wildman–Crippen LogP) is 5.16.